The topological polar surface area (TPSA) is 75.3 Å². The van der Waals surface area contributed by atoms with Gasteiger partial charge in [-0.3, -0.25) is 14.5 Å². The summed E-state index contributed by atoms with van der Waals surface area (Å²) in [6, 6.07) is 12.6. The monoisotopic (exact) mass is 367 g/mol. The van der Waals surface area contributed by atoms with Gasteiger partial charge in [-0.1, -0.05) is 23.9 Å². The van der Waals surface area contributed by atoms with Crippen LogP contribution in [0.5, 0.6) is 5.75 Å². The molecule has 0 atom stereocenters. The SMILES string of the molecule is CCOc1ccc2nc(SCCN3C(=O)c4ccccc4C3=O)[nH]c2c1. The number of nitrogens with zero attached hydrogens (tertiary/aromatic N) is 2. The summed E-state index contributed by atoms with van der Waals surface area (Å²) in [7, 11) is 0. The molecule has 6 nitrogen and oxygen atoms in total. The summed E-state index contributed by atoms with van der Waals surface area (Å²) in [5.74, 6) is 0.921. The van der Waals surface area contributed by atoms with Gasteiger partial charge in [0.15, 0.2) is 5.16 Å². The van der Waals surface area contributed by atoms with Crippen molar-refractivity contribution in [2.45, 2.75) is 12.1 Å². The normalized spacial score (nSPS) is 13.5. The Morgan fingerprint density at radius 1 is 1.12 bits per heavy atom. The minimum atomic E-state index is -0.225. The number of hydrogen-bond acceptors (Lipinski definition) is 5. The van der Waals surface area contributed by atoms with Gasteiger partial charge in [0.05, 0.1) is 28.8 Å². The average molecular weight is 367 g/mol. The van der Waals surface area contributed by atoms with E-state index in [4.69, 9.17) is 4.74 Å². The number of imidazole rings is 1. The Kier molecular flexibility index (Phi) is 4.38. The molecule has 0 bridgehead atoms. The molecule has 2 aromatic carbocycles. The van der Waals surface area contributed by atoms with Crippen molar-refractivity contribution < 1.29 is 14.3 Å². The fourth-order valence-corrected chi connectivity index (χ4v) is 3.78. The Hall–Kier alpha value is -2.80. The van der Waals surface area contributed by atoms with Crippen LogP contribution in [0.1, 0.15) is 27.6 Å². The molecule has 4 rings (SSSR count). The lowest BCUT2D eigenvalue weighted by Crippen LogP contribution is -2.31. The first-order valence-corrected chi connectivity index (χ1v) is 9.36. The predicted octanol–water partition coefficient (Wildman–Crippen LogP) is 3.35. The van der Waals surface area contributed by atoms with Crippen LogP contribution in [0.15, 0.2) is 47.6 Å². The number of fused-ring (bicyclic) bond motifs is 2. The summed E-state index contributed by atoms with van der Waals surface area (Å²) in [6.07, 6.45) is 0. The van der Waals surface area contributed by atoms with E-state index < -0.39 is 0 Å². The number of hydrogen-bond donors (Lipinski definition) is 1. The van der Waals surface area contributed by atoms with Crippen LogP contribution in [0, 0.1) is 0 Å². The highest BCUT2D eigenvalue weighted by Gasteiger charge is 2.34. The Labute approximate surface area is 154 Å². The van der Waals surface area contributed by atoms with Gasteiger partial charge in [0.25, 0.3) is 11.8 Å². The molecule has 1 aromatic heterocycles. The number of H-pyrrole nitrogens is 1. The maximum absolute atomic E-state index is 12.3. The first-order chi connectivity index (χ1) is 12.7. The number of thioether (sulfide) groups is 1. The summed E-state index contributed by atoms with van der Waals surface area (Å²) < 4.78 is 5.49. The number of aromatic nitrogens is 2. The second kappa shape index (κ2) is 6.84. The van der Waals surface area contributed by atoms with Crippen LogP contribution >= 0.6 is 11.8 Å². The highest BCUT2D eigenvalue weighted by atomic mass is 32.2. The van der Waals surface area contributed by atoms with Gasteiger partial charge in [0.2, 0.25) is 0 Å². The third-order valence-corrected chi connectivity index (χ3v) is 5.03. The average Bonchev–Trinajstić information content (AvgIpc) is 3.16. The number of imide groups is 1. The second-order valence-electron chi connectivity index (χ2n) is 5.81. The van der Waals surface area contributed by atoms with Crippen LogP contribution < -0.4 is 4.74 Å². The number of aromatic amines is 1. The van der Waals surface area contributed by atoms with Gasteiger partial charge in [-0.15, -0.1) is 0 Å². The summed E-state index contributed by atoms with van der Waals surface area (Å²) in [6.45, 7) is 2.90. The highest BCUT2D eigenvalue weighted by Crippen LogP contribution is 2.25. The molecular weight excluding hydrogens is 350 g/mol. The molecule has 2 heterocycles. The number of nitrogens with one attached hydrogen (secondary N) is 1. The molecule has 1 aliphatic heterocycles. The fourth-order valence-electron chi connectivity index (χ4n) is 2.97. The van der Waals surface area contributed by atoms with E-state index >= 15 is 0 Å². The number of ether oxygens (including phenoxy) is 1. The number of carbonyl (C=O) groups is 2. The Bertz CT molecular complexity index is 964. The van der Waals surface area contributed by atoms with E-state index in [9.17, 15) is 9.59 Å². The first kappa shape index (κ1) is 16.7. The Morgan fingerprint density at radius 2 is 1.85 bits per heavy atom. The molecule has 0 saturated carbocycles. The second-order valence-corrected chi connectivity index (χ2v) is 6.89. The molecule has 132 valence electrons. The van der Waals surface area contributed by atoms with Crippen molar-refractivity contribution in [3.63, 3.8) is 0 Å². The smallest absolute Gasteiger partial charge is 0.261 e. The lowest BCUT2D eigenvalue weighted by atomic mass is 10.1. The third-order valence-electron chi connectivity index (χ3n) is 4.17. The Balaban J connectivity index is 1.41. The molecule has 3 aromatic rings. The largest absolute Gasteiger partial charge is 0.494 e. The molecule has 26 heavy (non-hydrogen) atoms. The van der Waals surface area contributed by atoms with Crippen molar-refractivity contribution in [1.82, 2.24) is 14.9 Å². The van der Waals surface area contributed by atoms with Gasteiger partial charge in [-0.05, 0) is 31.2 Å². The maximum atomic E-state index is 12.3. The molecular formula is C19H17N3O3S. The first-order valence-electron chi connectivity index (χ1n) is 8.38. The Morgan fingerprint density at radius 3 is 2.54 bits per heavy atom. The highest BCUT2D eigenvalue weighted by molar-refractivity contribution is 7.99. The molecule has 0 spiro atoms. The van der Waals surface area contributed by atoms with Gasteiger partial charge in [0.1, 0.15) is 5.75 Å². The van der Waals surface area contributed by atoms with Crippen LogP contribution in [-0.2, 0) is 0 Å². The van der Waals surface area contributed by atoms with Crippen molar-refractivity contribution in [3.8, 4) is 5.75 Å². The third kappa shape index (κ3) is 2.94. The number of rotatable bonds is 6. The molecule has 2 amide bonds. The van der Waals surface area contributed by atoms with Crippen molar-refractivity contribution in [1.29, 1.82) is 0 Å². The van der Waals surface area contributed by atoms with E-state index in [0.29, 0.717) is 30.0 Å². The van der Waals surface area contributed by atoms with Crippen LogP contribution in [0.25, 0.3) is 11.0 Å². The lowest BCUT2D eigenvalue weighted by Gasteiger charge is -2.12. The summed E-state index contributed by atoms with van der Waals surface area (Å²) in [5.41, 5.74) is 2.72. The molecule has 0 radical (unpaired) electrons. The zero-order chi connectivity index (χ0) is 18.1. The minimum Gasteiger partial charge on any atom is -0.494 e. The van der Waals surface area contributed by atoms with Crippen LogP contribution in [0.2, 0.25) is 0 Å². The zero-order valence-electron chi connectivity index (χ0n) is 14.2. The lowest BCUT2D eigenvalue weighted by molar-refractivity contribution is 0.0664. The number of benzene rings is 2. The van der Waals surface area contributed by atoms with Crippen LogP contribution in [0.4, 0.5) is 0 Å². The van der Waals surface area contributed by atoms with Gasteiger partial charge in [-0.2, -0.15) is 0 Å². The quantitative estimate of drug-likeness (QED) is 0.534. The van der Waals surface area contributed by atoms with Gasteiger partial charge < -0.3 is 9.72 Å². The predicted molar refractivity (Wildman–Crippen MR) is 99.8 cm³/mol. The fraction of sp³-hybridized carbons (Fsp3) is 0.211. The van der Waals surface area contributed by atoms with E-state index in [2.05, 4.69) is 9.97 Å². The summed E-state index contributed by atoms with van der Waals surface area (Å²) in [4.78, 5) is 33.8. The summed E-state index contributed by atoms with van der Waals surface area (Å²) in [5, 5.41) is 0.755. The number of amides is 2. The standard InChI is InChI=1S/C19H17N3O3S/c1-2-25-12-7-8-15-16(11-12)21-19(20-15)26-10-9-22-17(23)13-5-3-4-6-14(13)18(22)24/h3-8,11H,2,9-10H2,1H3,(H,20,21). The van der Waals surface area contributed by atoms with Crippen molar-refractivity contribution in [2.24, 2.45) is 0 Å². The molecule has 1 aliphatic rings. The zero-order valence-corrected chi connectivity index (χ0v) is 15.0. The van der Waals surface area contributed by atoms with Crippen LogP contribution in [-0.4, -0.2) is 45.6 Å². The number of carbonyl (C=O) groups excluding carboxylic acids is 2. The van der Waals surface area contributed by atoms with Crippen LogP contribution in [0.3, 0.4) is 0 Å². The van der Waals surface area contributed by atoms with Gasteiger partial charge in [-0.25, -0.2) is 4.98 Å². The molecule has 0 unspecified atom stereocenters. The van der Waals surface area contributed by atoms with Crippen molar-refractivity contribution in [2.75, 3.05) is 18.9 Å². The van der Waals surface area contributed by atoms with E-state index in [0.717, 1.165) is 21.9 Å². The molecule has 0 fully saturated rings. The molecule has 7 heteroatoms. The van der Waals surface area contributed by atoms with E-state index in [1.54, 1.807) is 24.3 Å². The van der Waals surface area contributed by atoms with Gasteiger partial charge >= 0.3 is 0 Å². The molecule has 1 N–H and O–H groups in total. The minimum absolute atomic E-state index is 0.225. The van der Waals surface area contributed by atoms with Crippen molar-refractivity contribution in [3.05, 3.63) is 53.6 Å². The summed E-state index contributed by atoms with van der Waals surface area (Å²) >= 11 is 1.48. The molecule has 0 saturated heterocycles. The van der Waals surface area contributed by atoms with E-state index in [-0.39, 0.29) is 11.8 Å². The maximum Gasteiger partial charge on any atom is 0.261 e. The van der Waals surface area contributed by atoms with E-state index in [1.165, 1.54) is 16.7 Å². The van der Waals surface area contributed by atoms with Crippen molar-refractivity contribution >= 4 is 34.6 Å². The molecule has 0 aliphatic carbocycles. The van der Waals surface area contributed by atoms with E-state index in [1.807, 2.05) is 25.1 Å². The van der Waals surface area contributed by atoms with Gasteiger partial charge in [0, 0.05) is 18.4 Å².